The molecule has 140 valence electrons. The number of carboxylic acids is 1. The number of hydrogen-bond acceptors (Lipinski definition) is 1. The molecule has 0 fully saturated rings. The molecule has 0 heterocycles. The lowest BCUT2D eigenvalue weighted by Gasteiger charge is -2.49. The summed E-state index contributed by atoms with van der Waals surface area (Å²) in [6.07, 6.45) is 2.26. The number of rotatable bonds is 3. The molecule has 0 spiro atoms. The summed E-state index contributed by atoms with van der Waals surface area (Å²) >= 11 is 0. The lowest BCUT2D eigenvalue weighted by Crippen LogP contribution is -2.40. The van der Waals surface area contributed by atoms with Crippen molar-refractivity contribution < 1.29 is 9.90 Å². The van der Waals surface area contributed by atoms with Crippen molar-refractivity contribution in [2.24, 2.45) is 28.6 Å². The predicted molar refractivity (Wildman–Crippen MR) is 108 cm³/mol. The molecule has 2 heteroatoms. The molecule has 0 saturated heterocycles. The summed E-state index contributed by atoms with van der Waals surface area (Å²) in [7, 11) is 0. The van der Waals surface area contributed by atoms with Gasteiger partial charge in [-0.05, 0) is 64.7 Å². The Kier molecular flexibility index (Phi) is 4.45. The topological polar surface area (TPSA) is 37.3 Å². The van der Waals surface area contributed by atoms with Gasteiger partial charge in [0.1, 0.15) is 0 Å². The van der Waals surface area contributed by atoms with Crippen LogP contribution in [0.4, 0.5) is 0 Å². The van der Waals surface area contributed by atoms with E-state index in [4.69, 9.17) is 5.11 Å². The van der Waals surface area contributed by atoms with Crippen LogP contribution in [0.1, 0.15) is 70.3 Å². The average molecular weight is 353 g/mol. The minimum Gasteiger partial charge on any atom is -0.478 e. The second kappa shape index (κ2) is 6.11. The molecule has 0 bridgehead atoms. The second-order valence-electron chi connectivity index (χ2n) is 9.62. The summed E-state index contributed by atoms with van der Waals surface area (Å²) in [5.74, 6) is 0.674. The van der Waals surface area contributed by atoms with Crippen molar-refractivity contribution in [3.05, 3.63) is 53.1 Å². The van der Waals surface area contributed by atoms with Gasteiger partial charge in [0.25, 0.3) is 0 Å². The van der Waals surface area contributed by atoms with Gasteiger partial charge in [-0.25, -0.2) is 4.79 Å². The summed E-state index contributed by atoms with van der Waals surface area (Å²) in [4.78, 5) is 11.1. The van der Waals surface area contributed by atoms with E-state index in [-0.39, 0.29) is 5.41 Å². The van der Waals surface area contributed by atoms with Crippen LogP contribution in [-0.2, 0) is 0 Å². The van der Waals surface area contributed by atoms with Crippen LogP contribution in [0.5, 0.6) is 0 Å². The number of benzene rings is 1. The van der Waals surface area contributed by atoms with E-state index in [1.807, 2.05) is 12.1 Å². The first-order chi connectivity index (χ1) is 12.0. The van der Waals surface area contributed by atoms with Gasteiger partial charge in [-0.15, -0.1) is 0 Å². The molecule has 0 aliphatic heterocycles. The third kappa shape index (κ3) is 2.84. The van der Waals surface area contributed by atoms with Gasteiger partial charge in [-0.3, -0.25) is 0 Å². The van der Waals surface area contributed by atoms with Crippen LogP contribution >= 0.6 is 0 Å². The summed E-state index contributed by atoms with van der Waals surface area (Å²) < 4.78 is 0. The van der Waals surface area contributed by atoms with Crippen molar-refractivity contribution >= 4 is 11.5 Å². The zero-order valence-corrected chi connectivity index (χ0v) is 17.0. The van der Waals surface area contributed by atoms with E-state index < -0.39 is 5.97 Å². The van der Waals surface area contributed by atoms with E-state index in [1.165, 1.54) is 6.42 Å². The Morgan fingerprint density at radius 1 is 1.08 bits per heavy atom. The monoisotopic (exact) mass is 352 g/mol. The minimum atomic E-state index is -0.883. The number of carbonyl (C=O) groups is 1. The van der Waals surface area contributed by atoms with E-state index in [2.05, 4.69) is 48.1 Å². The molecule has 0 radical (unpaired) electrons. The van der Waals surface area contributed by atoms with Crippen LogP contribution in [0.3, 0.4) is 0 Å². The third-order valence-corrected chi connectivity index (χ3v) is 7.59. The van der Waals surface area contributed by atoms with Crippen molar-refractivity contribution in [1.29, 1.82) is 0 Å². The summed E-state index contributed by atoms with van der Waals surface area (Å²) in [6.45, 7) is 18.8. The Morgan fingerprint density at radius 3 is 2.15 bits per heavy atom. The van der Waals surface area contributed by atoms with E-state index in [0.717, 1.165) is 17.6 Å². The lowest BCUT2D eigenvalue weighted by atomic mass is 9.56. The highest BCUT2D eigenvalue weighted by Gasteiger charge is 2.50. The first kappa shape index (κ1) is 18.9. The molecule has 0 aromatic heterocycles. The smallest absolute Gasteiger partial charge is 0.335 e. The quantitative estimate of drug-likeness (QED) is 0.635. The van der Waals surface area contributed by atoms with Crippen LogP contribution in [0.2, 0.25) is 0 Å². The molecule has 3 rings (SSSR count). The molecule has 2 nitrogen and oxygen atoms in total. The van der Waals surface area contributed by atoms with Crippen LogP contribution < -0.4 is 0 Å². The van der Waals surface area contributed by atoms with Gasteiger partial charge in [-0.1, -0.05) is 71.4 Å². The summed E-state index contributed by atoms with van der Waals surface area (Å²) in [5, 5.41) is 9.11. The van der Waals surface area contributed by atoms with Crippen molar-refractivity contribution in [3.8, 4) is 0 Å². The maximum absolute atomic E-state index is 11.1. The zero-order chi connectivity index (χ0) is 19.4. The van der Waals surface area contributed by atoms with Crippen LogP contribution in [0, 0.1) is 28.6 Å². The molecule has 0 amide bonds. The first-order valence-corrected chi connectivity index (χ1v) is 9.71. The molecule has 3 atom stereocenters. The zero-order valence-electron chi connectivity index (χ0n) is 17.0. The molecule has 2 aliphatic rings. The average Bonchev–Trinajstić information content (AvgIpc) is 2.90. The van der Waals surface area contributed by atoms with Crippen molar-refractivity contribution in [2.75, 3.05) is 0 Å². The number of aromatic carboxylic acids is 1. The predicted octanol–water partition coefficient (Wildman–Crippen LogP) is 6.44. The van der Waals surface area contributed by atoms with Gasteiger partial charge in [0, 0.05) is 0 Å². The highest BCUT2D eigenvalue weighted by atomic mass is 16.4. The normalized spacial score (nSPS) is 29.4. The third-order valence-electron chi connectivity index (χ3n) is 7.59. The van der Waals surface area contributed by atoms with Crippen molar-refractivity contribution in [3.63, 3.8) is 0 Å². The van der Waals surface area contributed by atoms with Crippen molar-refractivity contribution in [2.45, 2.75) is 54.4 Å². The van der Waals surface area contributed by atoms with Gasteiger partial charge in [0.15, 0.2) is 0 Å². The number of allylic oxidation sites excluding steroid dienone is 3. The Balaban J connectivity index is 1.89. The van der Waals surface area contributed by atoms with Crippen LogP contribution in [-0.4, -0.2) is 11.1 Å². The van der Waals surface area contributed by atoms with Gasteiger partial charge in [-0.2, -0.15) is 0 Å². The van der Waals surface area contributed by atoms with Gasteiger partial charge in [0.05, 0.1) is 5.56 Å². The van der Waals surface area contributed by atoms with Gasteiger partial charge < -0.3 is 5.11 Å². The summed E-state index contributed by atoms with van der Waals surface area (Å²) in [6, 6.07) is 7.19. The van der Waals surface area contributed by atoms with Crippen molar-refractivity contribution in [1.82, 2.24) is 0 Å². The second-order valence-corrected chi connectivity index (χ2v) is 9.62. The number of hydrogen-bond donors (Lipinski definition) is 1. The van der Waals surface area contributed by atoms with Crippen LogP contribution in [0.15, 0.2) is 42.0 Å². The molecule has 1 aromatic carbocycles. The standard InChI is InChI=1S/C24H32O2/c1-14(17-8-10-18(11-9-17)22(25)26)19-12-21-20(15(19)2)13-23(4,5)16(3)24(21,6)7/h8-11,15-16,19H,1,12-13H2,2-7H3,(H,25,26). The molecular formula is C24H32O2. The van der Waals surface area contributed by atoms with Gasteiger partial charge in [0.2, 0.25) is 0 Å². The minimum absolute atomic E-state index is 0.216. The fourth-order valence-corrected chi connectivity index (χ4v) is 5.34. The van der Waals surface area contributed by atoms with Crippen LogP contribution in [0.25, 0.3) is 5.57 Å². The maximum atomic E-state index is 11.1. The molecule has 1 aromatic rings. The van der Waals surface area contributed by atoms with E-state index >= 15 is 0 Å². The molecular weight excluding hydrogens is 320 g/mol. The first-order valence-electron chi connectivity index (χ1n) is 9.71. The Bertz CT molecular complexity index is 777. The Labute approximate surface area is 158 Å². The summed E-state index contributed by atoms with van der Waals surface area (Å²) in [5.41, 5.74) is 6.36. The number of carboxylic acid groups (broad SMARTS) is 1. The largest absolute Gasteiger partial charge is 0.478 e. The molecule has 1 N–H and O–H groups in total. The fraction of sp³-hybridized carbons (Fsp3) is 0.542. The highest BCUT2D eigenvalue weighted by Crippen LogP contribution is 2.61. The Morgan fingerprint density at radius 2 is 1.62 bits per heavy atom. The van der Waals surface area contributed by atoms with E-state index in [1.54, 1.807) is 23.3 Å². The van der Waals surface area contributed by atoms with Gasteiger partial charge >= 0.3 is 5.97 Å². The molecule has 3 unspecified atom stereocenters. The highest BCUT2D eigenvalue weighted by molar-refractivity contribution is 5.88. The SMILES string of the molecule is C=C(c1ccc(C(=O)O)cc1)C1CC2=C(CC(C)(C)C(C)C2(C)C)C1C. The maximum Gasteiger partial charge on any atom is 0.335 e. The molecule has 0 saturated carbocycles. The fourth-order valence-electron chi connectivity index (χ4n) is 5.34. The van der Waals surface area contributed by atoms with E-state index in [9.17, 15) is 4.79 Å². The Hall–Kier alpha value is -1.83. The van der Waals surface area contributed by atoms with E-state index in [0.29, 0.717) is 28.7 Å². The lowest BCUT2D eigenvalue weighted by molar-refractivity contribution is 0.0697. The molecule has 26 heavy (non-hydrogen) atoms. The molecule has 2 aliphatic carbocycles.